The molecule has 0 unspecified atom stereocenters. The fourth-order valence-electron chi connectivity index (χ4n) is 1.40. The van der Waals surface area contributed by atoms with Crippen LogP contribution in [0.5, 0.6) is 0 Å². The number of halogens is 2. The predicted octanol–water partition coefficient (Wildman–Crippen LogP) is 2.55. The van der Waals surface area contributed by atoms with Crippen LogP contribution in [0.25, 0.3) is 0 Å². The predicted molar refractivity (Wildman–Crippen MR) is 69.6 cm³/mol. The van der Waals surface area contributed by atoms with Gasteiger partial charge in [0.05, 0.1) is 23.1 Å². The van der Waals surface area contributed by atoms with Crippen molar-refractivity contribution in [1.82, 2.24) is 5.32 Å². The van der Waals surface area contributed by atoms with E-state index in [9.17, 15) is 14.0 Å². The normalized spacial score (nSPS) is 10.4. The molecule has 6 heteroatoms. The molecule has 0 heterocycles. The number of hydrogen-bond donors (Lipinski definition) is 1. The van der Waals surface area contributed by atoms with Crippen molar-refractivity contribution in [3.05, 3.63) is 34.6 Å². The van der Waals surface area contributed by atoms with Crippen molar-refractivity contribution in [2.75, 3.05) is 6.54 Å². The van der Waals surface area contributed by atoms with E-state index in [1.165, 1.54) is 12.1 Å². The van der Waals surface area contributed by atoms with E-state index >= 15 is 0 Å². The summed E-state index contributed by atoms with van der Waals surface area (Å²) in [6.45, 7) is 3.53. The molecule has 1 aromatic carbocycles. The topological polar surface area (TPSA) is 55.4 Å². The second kappa shape index (κ2) is 7.09. The Morgan fingerprint density at radius 3 is 2.68 bits per heavy atom. The first kappa shape index (κ1) is 15.4. The Kier molecular flexibility index (Phi) is 5.76. The molecule has 4 nitrogen and oxygen atoms in total. The first-order valence-corrected chi connectivity index (χ1v) is 6.21. The van der Waals surface area contributed by atoms with E-state index in [0.29, 0.717) is 0 Å². The number of esters is 1. The highest BCUT2D eigenvalue weighted by Crippen LogP contribution is 2.18. The second-order valence-corrected chi connectivity index (χ2v) is 4.55. The van der Waals surface area contributed by atoms with Gasteiger partial charge in [-0.3, -0.25) is 9.59 Å². The lowest BCUT2D eigenvalue weighted by molar-refractivity contribution is -0.147. The Hall–Kier alpha value is -1.62. The maximum absolute atomic E-state index is 13.4. The third kappa shape index (κ3) is 4.87. The zero-order chi connectivity index (χ0) is 14.4. The van der Waals surface area contributed by atoms with E-state index in [1.807, 2.05) is 0 Å². The second-order valence-electron chi connectivity index (χ2n) is 4.14. The summed E-state index contributed by atoms with van der Waals surface area (Å²) in [6.07, 6.45) is -0.181. The van der Waals surface area contributed by atoms with Crippen LogP contribution in [0.2, 0.25) is 5.02 Å². The fraction of sp³-hybridized carbons (Fsp3) is 0.385. The number of carbonyl (C=O) groups is 2. The van der Waals surface area contributed by atoms with Gasteiger partial charge in [-0.2, -0.15) is 0 Å². The standard InChI is InChI=1S/C13H15ClFNO3/c1-8(2)19-11(17)6-7-16-13(18)12-9(14)4-3-5-10(12)15/h3-5,8H,6-7H2,1-2H3,(H,16,18). The maximum Gasteiger partial charge on any atom is 0.307 e. The zero-order valence-electron chi connectivity index (χ0n) is 10.7. The number of ether oxygens (including phenoxy) is 1. The Balaban J connectivity index is 2.50. The summed E-state index contributed by atoms with van der Waals surface area (Å²) in [4.78, 5) is 22.9. The van der Waals surface area contributed by atoms with Crippen molar-refractivity contribution in [3.63, 3.8) is 0 Å². The molecule has 0 spiro atoms. The molecule has 1 aromatic rings. The van der Waals surface area contributed by atoms with Gasteiger partial charge in [0, 0.05) is 6.54 Å². The van der Waals surface area contributed by atoms with Crippen LogP contribution in [0.1, 0.15) is 30.6 Å². The van der Waals surface area contributed by atoms with Crippen LogP contribution in [0.3, 0.4) is 0 Å². The highest BCUT2D eigenvalue weighted by molar-refractivity contribution is 6.33. The van der Waals surface area contributed by atoms with Gasteiger partial charge < -0.3 is 10.1 Å². The molecule has 0 bridgehead atoms. The number of rotatable bonds is 5. The number of nitrogens with one attached hydrogen (secondary N) is 1. The monoisotopic (exact) mass is 287 g/mol. The lowest BCUT2D eigenvalue weighted by Crippen LogP contribution is -2.28. The molecule has 19 heavy (non-hydrogen) atoms. The van der Waals surface area contributed by atoms with E-state index in [2.05, 4.69) is 5.32 Å². The summed E-state index contributed by atoms with van der Waals surface area (Å²) in [7, 11) is 0. The van der Waals surface area contributed by atoms with Gasteiger partial charge in [-0.1, -0.05) is 17.7 Å². The Morgan fingerprint density at radius 1 is 1.42 bits per heavy atom. The van der Waals surface area contributed by atoms with Crippen LogP contribution in [-0.4, -0.2) is 24.5 Å². The quantitative estimate of drug-likeness (QED) is 0.847. The molecule has 0 aromatic heterocycles. The zero-order valence-corrected chi connectivity index (χ0v) is 11.5. The molecular weight excluding hydrogens is 273 g/mol. The van der Waals surface area contributed by atoms with Crippen molar-refractivity contribution >= 4 is 23.5 Å². The average Bonchev–Trinajstić information content (AvgIpc) is 2.27. The van der Waals surface area contributed by atoms with E-state index in [1.54, 1.807) is 13.8 Å². The van der Waals surface area contributed by atoms with Crippen molar-refractivity contribution < 1.29 is 18.7 Å². The van der Waals surface area contributed by atoms with Crippen LogP contribution in [-0.2, 0) is 9.53 Å². The molecule has 1 amide bonds. The molecule has 0 radical (unpaired) electrons. The summed E-state index contributed by atoms with van der Waals surface area (Å²) in [5.74, 6) is -1.77. The minimum Gasteiger partial charge on any atom is -0.463 e. The summed E-state index contributed by atoms with van der Waals surface area (Å²) < 4.78 is 18.3. The van der Waals surface area contributed by atoms with E-state index in [0.717, 1.165) is 6.07 Å². The fourth-order valence-corrected chi connectivity index (χ4v) is 1.65. The molecule has 1 N–H and O–H groups in total. The number of amides is 1. The molecule has 0 saturated carbocycles. The van der Waals surface area contributed by atoms with Gasteiger partial charge in [0.1, 0.15) is 5.82 Å². The highest BCUT2D eigenvalue weighted by Gasteiger charge is 2.15. The molecule has 0 atom stereocenters. The van der Waals surface area contributed by atoms with Gasteiger partial charge in [0.25, 0.3) is 5.91 Å². The first-order chi connectivity index (χ1) is 8.91. The SMILES string of the molecule is CC(C)OC(=O)CCNC(=O)c1c(F)cccc1Cl. The van der Waals surface area contributed by atoms with Crippen molar-refractivity contribution in [2.45, 2.75) is 26.4 Å². The Labute approximate surface area is 115 Å². The molecule has 0 aliphatic carbocycles. The molecule has 0 saturated heterocycles. The van der Waals surface area contributed by atoms with Crippen LogP contribution in [0.15, 0.2) is 18.2 Å². The molecule has 0 fully saturated rings. The van der Waals surface area contributed by atoms with Gasteiger partial charge in [-0.15, -0.1) is 0 Å². The Morgan fingerprint density at radius 2 is 2.11 bits per heavy atom. The minimum atomic E-state index is -0.699. The van der Waals surface area contributed by atoms with Gasteiger partial charge in [0.2, 0.25) is 0 Å². The molecule has 0 aliphatic heterocycles. The molecule has 1 rings (SSSR count). The van der Waals surface area contributed by atoms with Crippen LogP contribution in [0, 0.1) is 5.82 Å². The molecule has 104 valence electrons. The third-order valence-corrected chi connectivity index (χ3v) is 2.49. The summed E-state index contributed by atoms with van der Waals surface area (Å²) >= 11 is 5.74. The summed E-state index contributed by atoms with van der Waals surface area (Å²) in [5.41, 5.74) is -0.221. The number of hydrogen-bond acceptors (Lipinski definition) is 3. The Bertz CT molecular complexity index is 457. The largest absolute Gasteiger partial charge is 0.463 e. The first-order valence-electron chi connectivity index (χ1n) is 5.83. The minimum absolute atomic E-state index is 0.0238. The van der Waals surface area contributed by atoms with Crippen LogP contribution < -0.4 is 5.32 Å². The highest BCUT2D eigenvalue weighted by atomic mass is 35.5. The molecular formula is C13H15ClFNO3. The van der Waals surface area contributed by atoms with E-state index in [4.69, 9.17) is 16.3 Å². The van der Waals surface area contributed by atoms with Crippen LogP contribution >= 0.6 is 11.6 Å². The van der Waals surface area contributed by atoms with Crippen molar-refractivity contribution in [1.29, 1.82) is 0 Å². The van der Waals surface area contributed by atoms with Gasteiger partial charge >= 0.3 is 5.97 Å². The average molecular weight is 288 g/mol. The molecule has 0 aliphatic rings. The number of benzene rings is 1. The van der Waals surface area contributed by atoms with Crippen LogP contribution in [0.4, 0.5) is 4.39 Å². The van der Waals surface area contributed by atoms with Gasteiger partial charge in [-0.25, -0.2) is 4.39 Å². The van der Waals surface area contributed by atoms with Gasteiger partial charge in [-0.05, 0) is 26.0 Å². The number of carbonyl (C=O) groups excluding carboxylic acids is 2. The van der Waals surface area contributed by atoms with Crippen molar-refractivity contribution in [3.8, 4) is 0 Å². The lowest BCUT2D eigenvalue weighted by atomic mass is 10.2. The maximum atomic E-state index is 13.4. The third-order valence-electron chi connectivity index (χ3n) is 2.17. The van der Waals surface area contributed by atoms with Crippen molar-refractivity contribution in [2.24, 2.45) is 0 Å². The van der Waals surface area contributed by atoms with Gasteiger partial charge in [0.15, 0.2) is 0 Å². The summed E-state index contributed by atoms with van der Waals surface area (Å²) in [5, 5.41) is 2.45. The summed E-state index contributed by atoms with van der Waals surface area (Å²) in [6, 6.07) is 3.98. The van der Waals surface area contributed by atoms with E-state index < -0.39 is 17.7 Å². The smallest absolute Gasteiger partial charge is 0.307 e. The lowest BCUT2D eigenvalue weighted by Gasteiger charge is -2.09. The van der Waals surface area contributed by atoms with E-state index in [-0.39, 0.29) is 29.7 Å².